The third kappa shape index (κ3) is 5.26. The van der Waals surface area contributed by atoms with Gasteiger partial charge in [0, 0.05) is 31.1 Å². The molecule has 0 bridgehead atoms. The second-order valence-electron chi connectivity index (χ2n) is 7.89. The number of anilines is 1. The lowest BCUT2D eigenvalue weighted by Gasteiger charge is -2.17. The average Bonchev–Trinajstić information content (AvgIpc) is 3.21. The van der Waals surface area contributed by atoms with Crippen LogP contribution in [0.4, 0.5) is 5.82 Å². The van der Waals surface area contributed by atoms with Crippen molar-refractivity contribution >= 4 is 11.8 Å². The molecule has 4 rings (SSSR count). The molecule has 3 aromatic rings. The molecule has 1 aromatic carbocycles. The van der Waals surface area contributed by atoms with Gasteiger partial charge in [0.25, 0.3) is 0 Å². The molecule has 6 nitrogen and oxygen atoms in total. The van der Waals surface area contributed by atoms with Crippen LogP contribution in [0.25, 0.3) is 0 Å². The highest BCUT2D eigenvalue weighted by molar-refractivity contribution is 5.68. The molecular formula is C24H27N3O3. The normalized spacial score (nSPS) is 14.0. The van der Waals surface area contributed by atoms with Crippen LogP contribution in [0.15, 0.2) is 53.1 Å². The lowest BCUT2D eigenvalue weighted by atomic mass is 9.91. The highest BCUT2D eigenvalue weighted by Crippen LogP contribution is 2.25. The topological polar surface area (TPSA) is 88.2 Å². The van der Waals surface area contributed by atoms with Crippen LogP contribution in [0.1, 0.15) is 53.5 Å². The van der Waals surface area contributed by atoms with Gasteiger partial charge < -0.3 is 14.9 Å². The van der Waals surface area contributed by atoms with Gasteiger partial charge in [0.2, 0.25) is 0 Å². The second-order valence-corrected chi connectivity index (χ2v) is 7.89. The molecule has 2 aromatic heterocycles. The standard InChI is InChI=1S/C24H27N3O3/c28-23(29)15-19(17-6-2-1-3-7-17)14-21-16-22(30-27-21)10-4-9-20-12-11-18-8-5-13-25-24(18)26-20/h1-3,6-7,11-12,16,19H,4-5,8-10,13-15H2,(H,25,26)(H,28,29). The van der Waals surface area contributed by atoms with Crippen molar-refractivity contribution in [3.63, 3.8) is 0 Å². The van der Waals surface area contributed by atoms with Crippen LogP contribution in [-0.2, 0) is 30.5 Å². The smallest absolute Gasteiger partial charge is 0.303 e. The molecule has 0 radical (unpaired) electrons. The number of aromatic nitrogens is 2. The Morgan fingerprint density at radius 3 is 2.83 bits per heavy atom. The van der Waals surface area contributed by atoms with E-state index in [1.165, 1.54) is 12.0 Å². The molecule has 0 aliphatic carbocycles. The molecule has 0 amide bonds. The van der Waals surface area contributed by atoms with Gasteiger partial charge in [-0.15, -0.1) is 0 Å². The van der Waals surface area contributed by atoms with E-state index >= 15 is 0 Å². The number of carboxylic acid groups (broad SMARTS) is 1. The first-order valence-corrected chi connectivity index (χ1v) is 10.6. The van der Waals surface area contributed by atoms with E-state index in [0.29, 0.717) is 6.42 Å². The second kappa shape index (κ2) is 9.57. The summed E-state index contributed by atoms with van der Waals surface area (Å²) in [6, 6.07) is 16.0. The van der Waals surface area contributed by atoms with E-state index in [0.717, 1.165) is 60.8 Å². The van der Waals surface area contributed by atoms with Gasteiger partial charge in [-0.2, -0.15) is 0 Å². The van der Waals surface area contributed by atoms with Crippen molar-refractivity contribution in [1.82, 2.24) is 10.1 Å². The van der Waals surface area contributed by atoms with E-state index in [1.807, 2.05) is 36.4 Å². The Morgan fingerprint density at radius 1 is 1.13 bits per heavy atom. The van der Waals surface area contributed by atoms with Crippen molar-refractivity contribution in [2.45, 2.75) is 50.9 Å². The van der Waals surface area contributed by atoms with Crippen LogP contribution in [0.5, 0.6) is 0 Å². The van der Waals surface area contributed by atoms with Gasteiger partial charge >= 0.3 is 5.97 Å². The Labute approximate surface area is 176 Å². The first-order chi connectivity index (χ1) is 14.7. The van der Waals surface area contributed by atoms with E-state index in [1.54, 1.807) is 0 Å². The summed E-state index contributed by atoms with van der Waals surface area (Å²) in [5.41, 5.74) is 4.21. The number of fused-ring (bicyclic) bond motifs is 1. The number of benzene rings is 1. The molecule has 6 heteroatoms. The maximum Gasteiger partial charge on any atom is 0.303 e. The largest absolute Gasteiger partial charge is 0.481 e. The van der Waals surface area contributed by atoms with Crippen molar-refractivity contribution in [2.75, 3.05) is 11.9 Å². The highest BCUT2D eigenvalue weighted by atomic mass is 16.5. The number of carboxylic acids is 1. The summed E-state index contributed by atoms with van der Waals surface area (Å²) >= 11 is 0. The van der Waals surface area contributed by atoms with Crippen LogP contribution in [0.2, 0.25) is 0 Å². The van der Waals surface area contributed by atoms with Crippen LogP contribution in [0, 0.1) is 0 Å². The summed E-state index contributed by atoms with van der Waals surface area (Å²) in [4.78, 5) is 16.0. The van der Waals surface area contributed by atoms with Crippen molar-refractivity contribution in [2.24, 2.45) is 0 Å². The molecule has 156 valence electrons. The third-order valence-corrected chi connectivity index (χ3v) is 5.56. The average molecular weight is 405 g/mol. The number of pyridine rings is 1. The number of nitrogens with zero attached hydrogens (tertiary/aromatic N) is 2. The molecule has 0 spiro atoms. The van der Waals surface area contributed by atoms with Crippen molar-refractivity contribution in [1.29, 1.82) is 0 Å². The van der Waals surface area contributed by atoms with E-state index in [-0.39, 0.29) is 12.3 Å². The molecule has 0 fully saturated rings. The van der Waals surface area contributed by atoms with E-state index in [9.17, 15) is 9.90 Å². The lowest BCUT2D eigenvalue weighted by molar-refractivity contribution is -0.137. The number of rotatable bonds is 9. The lowest BCUT2D eigenvalue weighted by Crippen LogP contribution is -2.14. The molecule has 2 N–H and O–H groups in total. The van der Waals surface area contributed by atoms with Gasteiger partial charge in [-0.1, -0.05) is 41.6 Å². The zero-order valence-electron chi connectivity index (χ0n) is 17.0. The zero-order chi connectivity index (χ0) is 20.8. The van der Waals surface area contributed by atoms with Crippen LogP contribution < -0.4 is 5.32 Å². The first kappa shape index (κ1) is 20.1. The number of carbonyl (C=O) groups is 1. The Bertz CT molecular complexity index is 984. The summed E-state index contributed by atoms with van der Waals surface area (Å²) in [6.07, 6.45) is 5.49. The summed E-state index contributed by atoms with van der Waals surface area (Å²) in [6.45, 7) is 0.996. The maximum absolute atomic E-state index is 11.3. The van der Waals surface area contributed by atoms with Crippen LogP contribution in [-0.4, -0.2) is 27.8 Å². The van der Waals surface area contributed by atoms with Crippen LogP contribution >= 0.6 is 0 Å². The van der Waals surface area contributed by atoms with Gasteiger partial charge in [0.05, 0.1) is 12.1 Å². The van der Waals surface area contributed by atoms with Gasteiger partial charge in [-0.05, 0) is 48.8 Å². The fourth-order valence-electron chi connectivity index (χ4n) is 4.02. The predicted octanol–water partition coefficient (Wildman–Crippen LogP) is 4.40. The number of hydrogen-bond acceptors (Lipinski definition) is 5. The molecular weight excluding hydrogens is 378 g/mol. The molecule has 0 saturated heterocycles. The van der Waals surface area contributed by atoms with Crippen molar-refractivity contribution < 1.29 is 14.4 Å². The van der Waals surface area contributed by atoms with Crippen molar-refractivity contribution in [3.8, 4) is 0 Å². The summed E-state index contributed by atoms with van der Waals surface area (Å²) in [5.74, 6) is 0.947. The summed E-state index contributed by atoms with van der Waals surface area (Å²) < 4.78 is 5.50. The van der Waals surface area contributed by atoms with Gasteiger partial charge in [-0.25, -0.2) is 4.98 Å². The fraction of sp³-hybridized carbons (Fsp3) is 0.375. The molecule has 30 heavy (non-hydrogen) atoms. The monoisotopic (exact) mass is 405 g/mol. The molecule has 3 heterocycles. The van der Waals surface area contributed by atoms with E-state index in [2.05, 4.69) is 22.6 Å². The number of aryl methyl sites for hydroxylation is 3. The minimum absolute atomic E-state index is 0.0737. The minimum Gasteiger partial charge on any atom is -0.481 e. The first-order valence-electron chi connectivity index (χ1n) is 10.6. The Morgan fingerprint density at radius 2 is 2.00 bits per heavy atom. The zero-order valence-corrected chi connectivity index (χ0v) is 17.0. The van der Waals surface area contributed by atoms with E-state index in [4.69, 9.17) is 9.51 Å². The van der Waals surface area contributed by atoms with Gasteiger partial charge in [0.1, 0.15) is 11.6 Å². The Hall–Kier alpha value is -3.15. The summed E-state index contributed by atoms with van der Waals surface area (Å²) in [5, 5.41) is 16.8. The molecule has 1 aliphatic heterocycles. The summed E-state index contributed by atoms with van der Waals surface area (Å²) in [7, 11) is 0. The van der Waals surface area contributed by atoms with Crippen molar-refractivity contribution in [3.05, 3.63) is 76.8 Å². The van der Waals surface area contributed by atoms with Crippen LogP contribution in [0.3, 0.4) is 0 Å². The Kier molecular flexibility index (Phi) is 6.42. The molecule has 0 saturated carbocycles. The molecule has 1 unspecified atom stereocenters. The molecule has 1 atom stereocenters. The Balaban J connectivity index is 1.33. The highest BCUT2D eigenvalue weighted by Gasteiger charge is 2.18. The van der Waals surface area contributed by atoms with Gasteiger partial charge in [0.15, 0.2) is 0 Å². The van der Waals surface area contributed by atoms with E-state index < -0.39 is 5.97 Å². The number of nitrogens with one attached hydrogen (secondary N) is 1. The predicted molar refractivity (Wildman–Crippen MR) is 115 cm³/mol. The number of aliphatic carboxylic acids is 1. The maximum atomic E-state index is 11.3. The van der Waals surface area contributed by atoms with Gasteiger partial charge in [-0.3, -0.25) is 4.79 Å². The number of hydrogen-bond donors (Lipinski definition) is 2. The molecule has 1 aliphatic rings. The minimum atomic E-state index is -0.806. The fourth-order valence-corrected chi connectivity index (χ4v) is 4.02. The third-order valence-electron chi connectivity index (χ3n) is 5.56. The quantitative estimate of drug-likeness (QED) is 0.548. The SMILES string of the molecule is O=C(O)CC(Cc1cc(CCCc2ccc3c(n2)NCCC3)on1)c1ccccc1.